The first-order chi connectivity index (χ1) is 9.06. The largest absolute Gasteiger partial charge is 0.303 e. The van der Waals surface area contributed by atoms with Crippen molar-refractivity contribution < 1.29 is 4.79 Å². The summed E-state index contributed by atoms with van der Waals surface area (Å²) in [5, 5.41) is 4.18. The molecule has 0 aliphatic carbocycles. The van der Waals surface area contributed by atoms with Crippen molar-refractivity contribution in [2.24, 2.45) is 5.92 Å². The van der Waals surface area contributed by atoms with Crippen LogP contribution in [-0.4, -0.2) is 45.1 Å². The van der Waals surface area contributed by atoms with Crippen LogP contribution in [0.4, 0.5) is 0 Å². The van der Waals surface area contributed by atoms with E-state index >= 15 is 0 Å². The van der Waals surface area contributed by atoms with Gasteiger partial charge in [0.2, 0.25) is 0 Å². The molecule has 0 aliphatic heterocycles. The Bertz CT molecular complexity index is 383. The summed E-state index contributed by atoms with van der Waals surface area (Å²) >= 11 is 0. The number of nitrogens with zero attached hydrogens (tertiary/aromatic N) is 4. The fourth-order valence-electron chi connectivity index (χ4n) is 2.01. The Hall–Kier alpha value is -1.23. The molecule has 1 rings (SSSR count). The van der Waals surface area contributed by atoms with E-state index in [2.05, 4.69) is 42.7 Å². The molecule has 19 heavy (non-hydrogen) atoms. The maximum absolute atomic E-state index is 12.0. The topological polar surface area (TPSA) is 51.0 Å². The lowest BCUT2D eigenvalue weighted by atomic mass is 10.2. The third-order valence-corrected chi connectivity index (χ3v) is 3.19. The summed E-state index contributed by atoms with van der Waals surface area (Å²) in [6.07, 6.45) is 2.53. The Balaban J connectivity index is 2.46. The highest BCUT2D eigenvalue weighted by Crippen LogP contribution is 2.04. The van der Waals surface area contributed by atoms with Crippen LogP contribution >= 0.6 is 0 Å². The van der Waals surface area contributed by atoms with E-state index in [0.717, 1.165) is 32.0 Å². The van der Waals surface area contributed by atoms with Gasteiger partial charge in [-0.1, -0.05) is 27.7 Å². The Kier molecular flexibility index (Phi) is 6.70. The van der Waals surface area contributed by atoms with Crippen molar-refractivity contribution in [1.29, 1.82) is 0 Å². The minimum Gasteiger partial charge on any atom is -0.303 e. The number of carbonyl (C=O) groups excluding carboxylic acids is 1. The smallest absolute Gasteiger partial charge is 0.141 e. The molecule has 5 heteroatoms. The van der Waals surface area contributed by atoms with Gasteiger partial charge in [0.15, 0.2) is 0 Å². The number of carbonyl (C=O) groups is 1. The number of hydrogen-bond donors (Lipinski definition) is 0. The molecular weight excluding hydrogens is 240 g/mol. The van der Waals surface area contributed by atoms with Crippen LogP contribution in [0.1, 0.15) is 39.9 Å². The monoisotopic (exact) mass is 266 g/mol. The Morgan fingerprint density at radius 3 is 2.63 bits per heavy atom. The van der Waals surface area contributed by atoms with E-state index in [4.69, 9.17) is 0 Å². The van der Waals surface area contributed by atoms with Gasteiger partial charge >= 0.3 is 0 Å². The average molecular weight is 266 g/mol. The van der Waals surface area contributed by atoms with Crippen molar-refractivity contribution in [3.63, 3.8) is 0 Å². The van der Waals surface area contributed by atoms with Gasteiger partial charge in [0, 0.05) is 19.5 Å². The van der Waals surface area contributed by atoms with E-state index in [1.807, 2.05) is 4.68 Å². The summed E-state index contributed by atoms with van der Waals surface area (Å²) < 4.78 is 1.85. The zero-order valence-corrected chi connectivity index (χ0v) is 12.6. The molecule has 5 nitrogen and oxygen atoms in total. The van der Waals surface area contributed by atoms with Gasteiger partial charge < -0.3 is 4.90 Å². The van der Waals surface area contributed by atoms with Crippen molar-refractivity contribution >= 4 is 5.78 Å². The van der Waals surface area contributed by atoms with Crippen molar-refractivity contribution in [1.82, 2.24) is 19.7 Å². The fraction of sp³-hybridized carbons (Fsp3) is 0.786. The van der Waals surface area contributed by atoms with Gasteiger partial charge in [-0.25, -0.2) is 9.67 Å². The fourth-order valence-corrected chi connectivity index (χ4v) is 2.01. The van der Waals surface area contributed by atoms with E-state index in [0.29, 0.717) is 18.8 Å². The second kappa shape index (κ2) is 8.04. The van der Waals surface area contributed by atoms with Crippen LogP contribution in [0.15, 0.2) is 6.33 Å². The Morgan fingerprint density at radius 2 is 2.05 bits per heavy atom. The molecule has 0 saturated carbocycles. The van der Waals surface area contributed by atoms with Gasteiger partial charge in [-0.05, 0) is 19.0 Å². The van der Waals surface area contributed by atoms with E-state index in [1.165, 1.54) is 6.33 Å². The predicted octanol–water partition coefficient (Wildman–Crippen LogP) is 1.78. The van der Waals surface area contributed by atoms with E-state index in [-0.39, 0.29) is 5.78 Å². The first-order valence-corrected chi connectivity index (χ1v) is 7.17. The van der Waals surface area contributed by atoms with Gasteiger partial charge in [-0.3, -0.25) is 4.79 Å². The minimum absolute atomic E-state index is 0.241. The van der Waals surface area contributed by atoms with Crippen LogP contribution < -0.4 is 0 Å². The maximum atomic E-state index is 12.0. The third kappa shape index (κ3) is 5.51. The van der Waals surface area contributed by atoms with Crippen LogP contribution in [0, 0.1) is 5.92 Å². The molecule has 0 spiro atoms. The molecule has 0 N–H and O–H groups in total. The maximum Gasteiger partial charge on any atom is 0.141 e. The highest BCUT2D eigenvalue weighted by Gasteiger charge is 2.12. The SMILES string of the molecule is CCN(CC)CCC(=O)Cc1ncnn1CC(C)C. The van der Waals surface area contributed by atoms with Gasteiger partial charge in [0.05, 0.1) is 6.42 Å². The normalized spacial score (nSPS) is 11.5. The second-order valence-electron chi connectivity index (χ2n) is 5.24. The molecule has 1 heterocycles. The molecule has 0 atom stereocenters. The quantitative estimate of drug-likeness (QED) is 0.683. The highest BCUT2D eigenvalue weighted by molar-refractivity contribution is 5.80. The lowest BCUT2D eigenvalue weighted by molar-refractivity contribution is -0.118. The molecule has 1 aromatic heterocycles. The predicted molar refractivity (Wildman–Crippen MR) is 76.0 cm³/mol. The summed E-state index contributed by atoms with van der Waals surface area (Å²) in [5.74, 6) is 1.54. The molecule has 0 saturated heterocycles. The summed E-state index contributed by atoms with van der Waals surface area (Å²) in [7, 11) is 0. The number of Topliss-reactive ketones (excluding diaryl/α,β-unsaturated/α-hetero) is 1. The van der Waals surface area contributed by atoms with Gasteiger partial charge in [0.25, 0.3) is 0 Å². The zero-order valence-electron chi connectivity index (χ0n) is 12.6. The van der Waals surface area contributed by atoms with Crippen molar-refractivity contribution in [2.45, 2.75) is 47.1 Å². The molecule has 0 bridgehead atoms. The Labute approximate surface area is 116 Å². The number of ketones is 1. The number of hydrogen-bond acceptors (Lipinski definition) is 4. The third-order valence-electron chi connectivity index (χ3n) is 3.19. The van der Waals surface area contributed by atoms with Crippen LogP contribution in [0.3, 0.4) is 0 Å². The van der Waals surface area contributed by atoms with Crippen LogP contribution in [0.25, 0.3) is 0 Å². The molecule has 0 aliphatic rings. The van der Waals surface area contributed by atoms with Crippen LogP contribution in [-0.2, 0) is 17.8 Å². The number of aromatic nitrogens is 3. The van der Waals surface area contributed by atoms with Crippen LogP contribution in [0.2, 0.25) is 0 Å². The zero-order chi connectivity index (χ0) is 14.3. The molecule has 108 valence electrons. The highest BCUT2D eigenvalue weighted by atomic mass is 16.1. The second-order valence-corrected chi connectivity index (χ2v) is 5.24. The minimum atomic E-state index is 0.241. The molecule has 0 radical (unpaired) electrons. The van der Waals surface area contributed by atoms with Crippen molar-refractivity contribution in [3.8, 4) is 0 Å². The molecular formula is C14H26N4O. The van der Waals surface area contributed by atoms with Crippen molar-refractivity contribution in [2.75, 3.05) is 19.6 Å². The Morgan fingerprint density at radius 1 is 1.37 bits per heavy atom. The molecule has 1 aromatic rings. The molecule has 0 aromatic carbocycles. The first-order valence-electron chi connectivity index (χ1n) is 7.17. The lowest BCUT2D eigenvalue weighted by Crippen LogP contribution is -2.26. The van der Waals surface area contributed by atoms with Gasteiger partial charge in [-0.15, -0.1) is 0 Å². The molecule has 0 unspecified atom stereocenters. The standard InChI is InChI=1S/C14H26N4O/c1-5-17(6-2)8-7-13(19)9-14-15-11-16-18(14)10-12(3)4/h11-12H,5-10H2,1-4H3. The average Bonchev–Trinajstić information content (AvgIpc) is 2.77. The van der Waals surface area contributed by atoms with E-state index < -0.39 is 0 Å². The van der Waals surface area contributed by atoms with Gasteiger partial charge in [-0.2, -0.15) is 5.10 Å². The van der Waals surface area contributed by atoms with E-state index in [1.54, 1.807) is 0 Å². The summed E-state index contributed by atoms with van der Waals surface area (Å²) in [4.78, 5) is 18.4. The first kappa shape index (κ1) is 15.8. The summed E-state index contributed by atoms with van der Waals surface area (Å²) in [6, 6.07) is 0. The molecule has 0 fully saturated rings. The van der Waals surface area contributed by atoms with Gasteiger partial charge in [0.1, 0.15) is 17.9 Å². The summed E-state index contributed by atoms with van der Waals surface area (Å²) in [5.41, 5.74) is 0. The van der Waals surface area contributed by atoms with E-state index in [9.17, 15) is 4.79 Å². The number of rotatable bonds is 9. The van der Waals surface area contributed by atoms with Crippen molar-refractivity contribution in [3.05, 3.63) is 12.2 Å². The van der Waals surface area contributed by atoms with Crippen LogP contribution in [0.5, 0.6) is 0 Å². The lowest BCUT2D eigenvalue weighted by Gasteiger charge is -2.17. The summed E-state index contributed by atoms with van der Waals surface area (Å²) in [6.45, 7) is 12.1. The molecule has 0 amide bonds.